The maximum atomic E-state index is 12.2. The molecule has 8 nitrogen and oxygen atoms in total. The van der Waals surface area contributed by atoms with Crippen LogP contribution in [-0.4, -0.2) is 46.4 Å². The summed E-state index contributed by atoms with van der Waals surface area (Å²) in [7, 11) is 1.79. The Balaban J connectivity index is 1.95. The number of hydrogen-bond acceptors (Lipinski definition) is 4. The normalized spacial score (nSPS) is 13.3. The maximum absolute atomic E-state index is 12.2. The number of terminal acetylenes is 1. The molecule has 1 aromatic heterocycles. The van der Waals surface area contributed by atoms with Crippen LogP contribution in [0.15, 0.2) is 41.7 Å². The highest BCUT2D eigenvalue weighted by molar-refractivity contribution is 5.94. The number of benzene rings is 1. The Morgan fingerprint density at radius 2 is 2.21 bits per heavy atom. The number of aromatic nitrogens is 2. The third kappa shape index (κ3) is 6.14. The van der Waals surface area contributed by atoms with E-state index in [0.717, 1.165) is 0 Å². The van der Waals surface area contributed by atoms with Gasteiger partial charge in [0.1, 0.15) is 12.1 Å². The summed E-state index contributed by atoms with van der Waals surface area (Å²) in [6, 6.07) is 7.04. The Kier molecular flexibility index (Phi) is 7.18. The SMILES string of the molecule is C#Cc1cccc(NC(=O)CN=C(NCC)NCC(C)(O)c2cnn(C)c2)c1. The van der Waals surface area contributed by atoms with Crippen molar-refractivity contribution in [2.45, 2.75) is 19.4 Å². The highest BCUT2D eigenvalue weighted by atomic mass is 16.3. The van der Waals surface area contributed by atoms with E-state index in [-0.39, 0.29) is 19.0 Å². The first-order valence-electron chi connectivity index (χ1n) is 8.94. The molecule has 0 spiro atoms. The number of aryl methyl sites for hydroxylation is 1. The fraction of sp³-hybridized carbons (Fsp3) is 0.350. The Labute approximate surface area is 165 Å². The summed E-state index contributed by atoms with van der Waals surface area (Å²) in [5.74, 6) is 2.68. The highest BCUT2D eigenvalue weighted by Gasteiger charge is 2.25. The molecule has 0 aliphatic rings. The molecule has 4 N–H and O–H groups in total. The number of aliphatic imine (C=N–C) groups is 1. The smallest absolute Gasteiger partial charge is 0.246 e. The molecule has 1 heterocycles. The summed E-state index contributed by atoms with van der Waals surface area (Å²) in [5, 5.41) is 23.6. The average Bonchev–Trinajstić information content (AvgIpc) is 3.11. The molecule has 0 aliphatic heterocycles. The lowest BCUT2D eigenvalue weighted by Crippen LogP contribution is -2.44. The van der Waals surface area contributed by atoms with Crippen molar-refractivity contribution < 1.29 is 9.90 Å². The number of rotatable bonds is 7. The first-order chi connectivity index (χ1) is 13.3. The van der Waals surface area contributed by atoms with Gasteiger partial charge in [0.2, 0.25) is 5.91 Å². The van der Waals surface area contributed by atoms with Crippen LogP contribution in [0.1, 0.15) is 25.0 Å². The fourth-order valence-electron chi connectivity index (χ4n) is 2.44. The van der Waals surface area contributed by atoms with Gasteiger partial charge in [-0.15, -0.1) is 6.42 Å². The van der Waals surface area contributed by atoms with Crippen molar-refractivity contribution in [3.8, 4) is 12.3 Å². The molecule has 0 radical (unpaired) electrons. The van der Waals surface area contributed by atoms with Gasteiger partial charge in [-0.1, -0.05) is 12.0 Å². The van der Waals surface area contributed by atoms with E-state index in [0.29, 0.717) is 29.3 Å². The highest BCUT2D eigenvalue weighted by Crippen LogP contribution is 2.18. The number of guanidine groups is 1. The first kappa shape index (κ1) is 21.0. The number of carbonyl (C=O) groups excluding carboxylic acids is 1. The molecule has 28 heavy (non-hydrogen) atoms. The zero-order chi connectivity index (χ0) is 20.6. The van der Waals surface area contributed by atoms with Gasteiger partial charge in [0, 0.05) is 36.6 Å². The van der Waals surface area contributed by atoms with Gasteiger partial charge in [0.25, 0.3) is 0 Å². The number of amides is 1. The number of anilines is 1. The van der Waals surface area contributed by atoms with Crippen LogP contribution in [0.25, 0.3) is 0 Å². The predicted molar refractivity (Wildman–Crippen MR) is 110 cm³/mol. The van der Waals surface area contributed by atoms with E-state index in [1.807, 2.05) is 6.92 Å². The summed E-state index contributed by atoms with van der Waals surface area (Å²) < 4.78 is 1.63. The van der Waals surface area contributed by atoms with Gasteiger partial charge in [-0.3, -0.25) is 9.48 Å². The topological polar surface area (TPSA) is 104 Å². The standard InChI is InChI=1S/C20H26N6O2/c1-5-15-8-7-9-17(10-15)25-18(27)12-22-19(21-6-2)23-14-20(3,28)16-11-24-26(4)13-16/h1,7-11,13,28H,6,12,14H2,2-4H3,(H,25,27)(H2,21,22,23). The molecule has 1 atom stereocenters. The lowest BCUT2D eigenvalue weighted by molar-refractivity contribution is -0.114. The Morgan fingerprint density at radius 3 is 2.86 bits per heavy atom. The van der Waals surface area contributed by atoms with Gasteiger partial charge < -0.3 is 21.1 Å². The molecule has 0 saturated carbocycles. The molecule has 8 heteroatoms. The van der Waals surface area contributed by atoms with Gasteiger partial charge in [-0.25, -0.2) is 4.99 Å². The average molecular weight is 382 g/mol. The Morgan fingerprint density at radius 1 is 1.43 bits per heavy atom. The van der Waals surface area contributed by atoms with Crippen LogP contribution in [0, 0.1) is 12.3 Å². The summed E-state index contributed by atoms with van der Waals surface area (Å²) in [6.07, 6.45) is 8.73. The van der Waals surface area contributed by atoms with Crippen LogP contribution in [-0.2, 0) is 17.4 Å². The lowest BCUT2D eigenvalue weighted by Gasteiger charge is -2.23. The second-order valence-corrected chi connectivity index (χ2v) is 6.50. The monoisotopic (exact) mass is 382 g/mol. The lowest BCUT2D eigenvalue weighted by atomic mass is 10.00. The van der Waals surface area contributed by atoms with Crippen molar-refractivity contribution >= 4 is 17.6 Å². The number of aliphatic hydroxyl groups is 1. The number of hydrogen-bond donors (Lipinski definition) is 4. The molecule has 2 aromatic rings. The minimum Gasteiger partial charge on any atom is -0.383 e. The van der Waals surface area contributed by atoms with E-state index in [9.17, 15) is 9.90 Å². The van der Waals surface area contributed by atoms with Gasteiger partial charge in [0.15, 0.2) is 5.96 Å². The largest absolute Gasteiger partial charge is 0.383 e. The van der Waals surface area contributed by atoms with Crippen LogP contribution in [0.5, 0.6) is 0 Å². The van der Waals surface area contributed by atoms with Crippen LogP contribution in [0.4, 0.5) is 5.69 Å². The van der Waals surface area contributed by atoms with E-state index >= 15 is 0 Å². The van der Waals surface area contributed by atoms with Crippen LogP contribution in [0.2, 0.25) is 0 Å². The zero-order valence-corrected chi connectivity index (χ0v) is 16.4. The van der Waals surface area contributed by atoms with Gasteiger partial charge in [-0.2, -0.15) is 5.10 Å². The minimum absolute atomic E-state index is 0.0787. The fourth-order valence-corrected chi connectivity index (χ4v) is 2.44. The molecule has 1 aromatic carbocycles. The van der Waals surface area contributed by atoms with Crippen molar-refractivity contribution in [3.05, 3.63) is 47.8 Å². The van der Waals surface area contributed by atoms with Crippen molar-refractivity contribution in [1.82, 2.24) is 20.4 Å². The molecular weight excluding hydrogens is 356 g/mol. The predicted octanol–water partition coefficient (Wildman–Crippen LogP) is 0.803. The van der Waals surface area contributed by atoms with E-state index in [1.165, 1.54) is 0 Å². The summed E-state index contributed by atoms with van der Waals surface area (Å²) >= 11 is 0. The summed E-state index contributed by atoms with van der Waals surface area (Å²) in [4.78, 5) is 16.4. The zero-order valence-electron chi connectivity index (χ0n) is 16.4. The van der Waals surface area contributed by atoms with E-state index in [4.69, 9.17) is 6.42 Å². The maximum Gasteiger partial charge on any atom is 0.246 e. The molecule has 0 aliphatic carbocycles. The summed E-state index contributed by atoms with van der Waals surface area (Å²) in [6.45, 7) is 4.35. The Bertz CT molecular complexity index is 879. The van der Waals surface area contributed by atoms with Gasteiger partial charge in [0.05, 0.1) is 12.7 Å². The van der Waals surface area contributed by atoms with E-state index < -0.39 is 5.60 Å². The molecule has 0 fully saturated rings. The minimum atomic E-state index is -1.14. The molecule has 1 unspecified atom stereocenters. The quantitative estimate of drug-likeness (QED) is 0.322. The summed E-state index contributed by atoms with van der Waals surface area (Å²) in [5.41, 5.74) is 0.856. The van der Waals surface area contributed by atoms with E-state index in [1.54, 1.807) is 55.3 Å². The molecule has 0 bridgehead atoms. The number of nitrogens with zero attached hydrogens (tertiary/aromatic N) is 3. The van der Waals surface area contributed by atoms with Crippen molar-refractivity contribution in [1.29, 1.82) is 0 Å². The van der Waals surface area contributed by atoms with Crippen LogP contribution >= 0.6 is 0 Å². The second-order valence-electron chi connectivity index (χ2n) is 6.50. The number of nitrogens with one attached hydrogen (secondary N) is 3. The van der Waals surface area contributed by atoms with Crippen molar-refractivity contribution in [3.63, 3.8) is 0 Å². The van der Waals surface area contributed by atoms with E-state index in [2.05, 4.69) is 32.0 Å². The van der Waals surface area contributed by atoms with Crippen LogP contribution < -0.4 is 16.0 Å². The molecule has 2 rings (SSSR count). The van der Waals surface area contributed by atoms with Gasteiger partial charge in [-0.05, 0) is 32.0 Å². The molecule has 1 amide bonds. The first-order valence-corrected chi connectivity index (χ1v) is 8.94. The van der Waals surface area contributed by atoms with Gasteiger partial charge >= 0.3 is 0 Å². The third-order valence-corrected chi connectivity index (χ3v) is 3.96. The molecule has 0 saturated heterocycles. The number of carbonyl (C=O) groups is 1. The molecular formula is C20H26N6O2. The third-order valence-electron chi connectivity index (χ3n) is 3.96. The molecule has 148 valence electrons. The van der Waals surface area contributed by atoms with Crippen molar-refractivity contribution in [2.75, 3.05) is 25.0 Å². The van der Waals surface area contributed by atoms with Crippen LogP contribution in [0.3, 0.4) is 0 Å². The Hall–Kier alpha value is -3.31. The van der Waals surface area contributed by atoms with Crippen molar-refractivity contribution in [2.24, 2.45) is 12.0 Å². The second kappa shape index (κ2) is 9.58.